The van der Waals surface area contributed by atoms with Gasteiger partial charge < -0.3 is 5.32 Å². The molecule has 2 aromatic rings. The topological polar surface area (TPSA) is 63.2 Å². The first kappa shape index (κ1) is 16.2. The third-order valence-corrected chi connectivity index (χ3v) is 4.30. The Bertz CT molecular complexity index is 770. The highest BCUT2D eigenvalue weighted by Gasteiger charge is 2.17. The van der Waals surface area contributed by atoms with E-state index in [1.807, 2.05) is 0 Å². The van der Waals surface area contributed by atoms with Crippen LogP contribution in [-0.2, 0) is 16.3 Å². The summed E-state index contributed by atoms with van der Waals surface area (Å²) in [6, 6.07) is 12.1. The van der Waals surface area contributed by atoms with E-state index >= 15 is 0 Å². The molecule has 0 aromatic heterocycles. The Morgan fingerprint density at radius 3 is 2.36 bits per heavy atom. The van der Waals surface area contributed by atoms with E-state index in [0.29, 0.717) is 13.0 Å². The first-order valence-electron chi connectivity index (χ1n) is 6.69. The van der Waals surface area contributed by atoms with Crippen molar-refractivity contribution in [3.63, 3.8) is 0 Å². The normalized spacial score (nSPS) is 11.2. The van der Waals surface area contributed by atoms with Crippen molar-refractivity contribution in [3.05, 3.63) is 65.5 Å². The molecule has 0 aliphatic rings. The quantitative estimate of drug-likeness (QED) is 0.918. The second-order valence-electron chi connectivity index (χ2n) is 4.90. The van der Waals surface area contributed by atoms with E-state index in [2.05, 4.69) is 5.32 Å². The van der Waals surface area contributed by atoms with Crippen LogP contribution in [0.5, 0.6) is 0 Å². The molecule has 0 atom stereocenters. The van der Waals surface area contributed by atoms with Gasteiger partial charge in [-0.2, -0.15) is 0 Å². The van der Waals surface area contributed by atoms with Crippen molar-refractivity contribution in [3.8, 4) is 0 Å². The summed E-state index contributed by atoms with van der Waals surface area (Å²) in [5.74, 6) is -0.752. The highest BCUT2D eigenvalue weighted by molar-refractivity contribution is 7.90. The second kappa shape index (κ2) is 6.70. The number of nitrogens with one attached hydrogen (secondary N) is 1. The number of hydrogen-bond donors (Lipinski definition) is 1. The number of carbonyl (C=O) groups excluding carboxylic acids is 1. The smallest absolute Gasteiger partial charge is 0.252 e. The predicted molar refractivity (Wildman–Crippen MR) is 82.0 cm³/mol. The van der Waals surface area contributed by atoms with E-state index in [9.17, 15) is 17.6 Å². The first-order valence-corrected chi connectivity index (χ1v) is 8.59. The fourth-order valence-electron chi connectivity index (χ4n) is 2.04. The van der Waals surface area contributed by atoms with Gasteiger partial charge in [0, 0.05) is 12.8 Å². The molecule has 0 heterocycles. The molecule has 1 amide bonds. The van der Waals surface area contributed by atoms with Crippen LogP contribution in [0.2, 0.25) is 0 Å². The number of rotatable bonds is 5. The lowest BCUT2D eigenvalue weighted by Gasteiger charge is -2.09. The van der Waals surface area contributed by atoms with Crippen LogP contribution in [0.3, 0.4) is 0 Å². The van der Waals surface area contributed by atoms with Crippen LogP contribution in [0.1, 0.15) is 15.9 Å². The zero-order valence-electron chi connectivity index (χ0n) is 12.0. The second-order valence-corrected chi connectivity index (χ2v) is 6.88. The molecule has 2 rings (SSSR count). The van der Waals surface area contributed by atoms with Crippen LogP contribution < -0.4 is 5.32 Å². The molecule has 0 radical (unpaired) electrons. The van der Waals surface area contributed by atoms with Gasteiger partial charge >= 0.3 is 0 Å². The lowest BCUT2D eigenvalue weighted by molar-refractivity contribution is 0.0951. The lowest BCUT2D eigenvalue weighted by atomic mass is 10.1. The molecule has 0 unspecified atom stereocenters. The first-order chi connectivity index (χ1) is 10.4. The summed E-state index contributed by atoms with van der Waals surface area (Å²) in [7, 11) is -3.46. The van der Waals surface area contributed by atoms with E-state index in [-0.39, 0.29) is 16.3 Å². The third-order valence-electron chi connectivity index (χ3n) is 3.14. The number of halogens is 1. The molecule has 0 saturated heterocycles. The van der Waals surface area contributed by atoms with E-state index in [0.717, 1.165) is 11.8 Å². The van der Waals surface area contributed by atoms with Gasteiger partial charge in [0.25, 0.3) is 5.91 Å². The summed E-state index contributed by atoms with van der Waals surface area (Å²) in [4.78, 5) is 12.1. The molecule has 1 N–H and O–H groups in total. The summed E-state index contributed by atoms with van der Waals surface area (Å²) in [5.41, 5.74) is 1.02. The van der Waals surface area contributed by atoms with Crippen molar-refractivity contribution in [2.24, 2.45) is 0 Å². The minimum Gasteiger partial charge on any atom is -0.352 e. The molecule has 0 aliphatic heterocycles. The van der Waals surface area contributed by atoms with Gasteiger partial charge in [0.1, 0.15) is 5.82 Å². The van der Waals surface area contributed by atoms with Crippen molar-refractivity contribution in [1.82, 2.24) is 5.32 Å². The van der Waals surface area contributed by atoms with Crippen molar-refractivity contribution in [1.29, 1.82) is 0 Å². The lowest BCUT2D eigenvalue weighted by Crippen LogP contribution is -2.27. The van der Waals surface area contributed by atoms with Crippen LogP contribution in [0.15, 0.2) is 53.4 Å². The summed E-state index contributed by atoms with van der Waals surface area (Å²) < 4.78 is 36.1. The van der Waals surface area contributed by atoms with Crippen LogP contribution >= 0.6 is 0 Å². The molecule has 0 bridgehead atoms. The highest BCUT2D eigenvalue weighted by Crippen LogP contribution is 2.15. The Kier molecular flexibility index (Phi) is 4.92. The van der Waals surface area contributed by atoms with Gasteiger partial charge in [-0.15, -0.1) is 0 Å². The SMILES string of the molecule is CS(=O)(=O)c1ccccc1C(=O)NCCc1ccc(F)cc1. The maximum atomic E-state index is 12.8. The van der Waals surface area contributed by atoms with Crippen molar-refractivity contribution >= 4 is 15.7 Å². The number of carbonyl (C=O) groups is 1. The van der Waals surface area contributed by atoms with Gasteiger partial charge in [-0.1, -0.05) is 24.3 Å². The summed E-state index contributed by atoms with van der Waals surface area (Å²) in [6.45, 7) is 0.336. The minimum atomic E-state index is -3.46. The average Bonchev–Trinajstić information content (AvgIpc) is 2.48. The van der Waals surface area contributed by atoms with Crippen LogP contribution in [0, 0.1) is 5.82 Å². The van der Waals surface area contributed by atoms with E-state index in [4.69, 9.17) is 0 Å². The number of sulfone groups is 1. The molecule has 116 valence electrons. The maximum Gasteiger partial charge on any atom is 0.252 e. The minimum absolute atomic E-state index is 0.00859. The Balaban J connectivity index is 2.03. The summed E-state index contributed by atoms with van der Waals surface area (Å²) in [6.07, 6.45) is 1.60. The molecule has 2 aromatic carbocycles. The molecule has 0 spiro atoms. The van der Waals surface area contributed by atoms with E-state index in [1.165, 1.54) is 24.3 Å². The molecule has 0 saturated carbocycles. The van der Waals surface area contributed by atoms with Gasteiger partial charge in [-0.25, -0.2) is 12.8 Å². The molecule has 6 heteroatoms. The largest absolute Gasteiger partial charge is 0.352 e. The van der Waals surface area contributed by atoms with Gasteiger partial charge in [0.05, 0.1) is 10.5 Å². The molecule has 22 heavy (non-hydrogen) atoms. The predicted octanol–water partition coefficient (Wildman–Crippen LogP) is 2.20. The molecular formula is C16H16FNO3S. The van der Waals surface area contributed by atoms with Crippen molar-refractivity contribution < 1.29 is 17.6 Å². The Hall–Kier alpha value is -2.21. The molecule has 4 nitrogen and oxygen atoms in total. The van der Waals surface area contributed by atoms with Gasteiger partial charge in [0.2, 0.25) is 0 Å². The Morgan fingerprint density at radius 2 is 1.73 bits per heavy atom. The third kappa shape index (κ3) is 4.14. The number of hydrogen-bond acceptors (Lipinski definition) is 3. The van der Waals surface area contributed by atoms with Gasteiger partial charge in [-0.05, 0) is 36.2 Å². The Labute approximate surface area is 128 Å². The molecular weight excluding hydrogens is 305 g/mol. The van der Waals surface area contributed by atoms with Crippen LogP contribution in [0.4, 0.5) is 4.39 Å². The molecule has 0 fully saturated rings. The number of benzene rings is 2. The van der Waals surface area contributed by atoms with E-state index < -0.39 is 15.7 Å². The average molecular weight is 321 g/mol. The zero-order valence-corrected chi connectivity index (χ0v) is 12.9. The molecule has 0 aliphatic carbocycles. The van der Waals surface area contributed by atoms with E-state index in [1.54, 1.807) is 24.3 Å². The Morgan fingerprint density at radius 1 is 1.09 bits per heavy atom. The van der Waals surface area contributed by atoms with Crippen LogP contribution in [0.25, 0.3) is 0 Å². The number of amides is 1. The monoisotopic (exact) mass is 321 g/mol. The van der Waals surface area contributed by atoms with Crippen molar-refractivity contribution in [2.75, 3.05) is 12.8 Å². The van der Waals surface area contributed by atoms with Gasteiger partial charge in [0.15, 0.2) is 9.84 Å². The summed E-state index contributed by atoms with van der Waals surface area (Å²) in [5, 5.41) is 2.68. The maximum absolute atomic E-state index is 12.8. The summed E-state index contributed by atoms with van der Waals surface area (Å²) >= 11 is 0. The highest BCUT2D eigenvalue weighted by atomic mass is 32.2. The standard InChI is InChI=1S/C16H16FNO3S/c1-22(20,21)15-5-3-2-4-14(15)16(19)18-11-10-12-6-8-13(17)9-7-12/h2-9H,10-11H2,1H3,(H,18,19). The fraction of sp³-hybridized carbons (Fsp3) is 0.188. The van der Waals surface area contributed by atoms with Crippen molar-refractivity contribution in [2.45, 2.75) is 11.3 Å². The van der Waals surface area contributed by atoms with Crippen LogP contribution in [-0.4, -0.2) is 27.1 Å². The fourth-order valence-corrected chi connectivity index (χ4v) is 2.93. The zero-order chi connectivity index (χ0) is 16.2. The van der Waals surface area contributed by atoms with Gasteiger partial charge in [-0.3, -0.25) is 4.79 Å².